The van der Waals surface area contributed by atoms with Crippen LogP contribution in [0.2, 0.25) is 0 Å². The molecular weight excluding hydrogens is 267 g/mol. The lowest BCUT2D eigenvalue weighted by Crippen LogP contribution is -2.34. The van der Waals surface area contributed by atoms with Crippen molar-refractivity contribution in [2.24, 2.45) is 0 Å². The van der Waals surface area contributed by atoms with Crippen LogP contribution in [0.4, 0.5) is 10.1 Å². The number of hydrogen-bond acceptors (Lipinski definition) is 2. The summed E-state index contributed by atoms with van der Waals surface area (Å²) in [6, 6.07) is 15.7. The molecule has 0 heterocycles. The van der Waals surface area contributed by atoms with E-state index in [9.17, 15) is 9.18 Å². The molecule has 2 rings (SSSR count). The van der Waals surface area contributed by atoms with Gasteiger partial charge in [-0.05, 0) is 36.8 Å². The van der Waals surface area contributed by atoms with E-state index in [1.54, 1.807) is 24.1 Å². The molecule has 0 saturated carbocycles. The first kappa shape index (κ1) is 15.0. The molecule has 3 nitrogen and oxygen atoms in total. The quantitative estimate of drug-likeness (QED) is 0.913. The number of amides is 1. The second-order valence-electron chi connectivity index (χ2n) is 4.95. The fraction of sp³-hybridized carbons (Fsp3) is 0.235. The van der Waals surface area contributed by atoms with Crippen LogP contribution in [0, 0.1) is 5.82 Å². The summed E-state index contributed by atoms with van der Waals surface area (Å²) in [6.45, 7) is 2.15. The average Bonchev–Trinajstić information content (AvgIpc) is 2.53. The molecule has 0 aliphatic heterocycles. The summed E-state index contributed by atoms with van der Waals surface area (Å²) in [4.78, 5) is 13.8. The molecular formula is C17H19FN2O. The molecule has 0 aliphatic carbocycles. The molecule has 2 aromatic rings. The van der Waals surface area contributed by atoms with Gasteiger partial charge in [0.1, 0.15) is 5.82 Å². The van der Waals surface area contributed by atoms with Gasteiger partial charge in [0.2, 0.25) is 5.91 Å². The van der Waals surface area contributed by atoms with E-state index >= 15 is 0 Å². The van der Waals surface area contributed by atoms with E-state index in [0.717, 1.165) is 11.3 Å². The van der Waals surface area contributed by atoms with Crippen molar-refractivity contribution < 1.29 is 9.18 Å². The zero-order valence-electron chi connectivity index (χ0n) is 12.2. The number of anilines is 1. The lowest BCUT2D eigenvalue weighted by atomic mass is 10.1. The molecule has 1 atom stereocenters. The molecule has 0 aliphatic rings. The van der Waals surface area contributed by atoms with Gasteiger partial charge in [-0.2, -0.15) is 0 Å². The number of benzene rings is 2. The molecule has 0 fully saturated rings. The molecule has 0 spiro atoms. The Morgan fingerprint density at radius 1 is 1.14 bits per heavy atom. The summed E-state index contributed by atoms with van der Waals surface area (Å²) < 4.78 is 12.9. The zero-order chi connectivity index (χ0) is 15.2. The van der Waals surface area contributed by atoms with E-state index in [-0.39, 0.29) is 24.3 Å². The van der Waals surface area contributed by atoms with Gasteiger partial charge in [-0.1, -0.05) is 30.3 Å². The van der Waals surface area contributed by atoms with Crippen molar-refractivity contribution in [2.75, 3.05) is 18.9 Å². The lowest BCUT2D eigenvalue weighted by Gasteiger charge is -2.25. The fourth-order valence-electron chi connectivity index (χ4n) is 2.04. The van der Waals surface area contributed by atoms with Crippen LogP contribution in [-0.2, 0) is 4.79 Å². The molecule has 21 heavy (non-hydrogen) atoms. The Morgan fingerprint density at radius 3 is 2.38 bits per heavy atom. The minimum atomic E-state index is -0.273. The van der Waals surface area contributed by atoms with E-state index in [1.807, 2.05) is 37.3 Å². The Bertz CT molecular complexity index is 583. The Labute approximate surface area is 124 Å². The maximum atomic E-state index is 12.9. The van der Waals surface area contributed by atoms with Crippen LogP contribution in [0.15, 0.2) is 54.6 Å². The number of likely N-dealkylation sites (N-methyl/N-ethyl adjacent to an activating group) is 1. The van der Waals surface area contributed by atoms with Crippen LogP contribution >= 0.6 is 0 Å². The number of para-hydroxylation sites is 1. The van der Waals surface area contributed by atoms with Gasteiger partial charge in [-0.3, -0.25) is 4.79 Å². The van der Waals surface area contributed by atoms with Crippen LogP contribution < -0.4 is 5.32 Å². The van der Waals surface area contributed by atoms with Crippen LogP contribution in [0.1, 0.15) is 18.5 Å². The Kier molecular flexibility index (Phi) is 4.93. The number of halogens is 1. The number of nitrogens with one attached hydrogen (secondary N) is 1. The Morgan fingerprint density at radius 2 is 1.76 bits per heavy atom. The van der Waals surface area contributed by atoms with Crippen molar-refractivity contribution >= 4 is 11.6 Å². The number of carbonyl (C=O) groups is 1. The van der Waals surface area contributed by atoms with Crippen molar-refractivity contribution in [3.63, 3.8) is 0 Å². The first-order valence-electron chi connectivity index (χ1n) is 6.88. The molecule has 2 aromatic carbocycles. The summed E-state index contributed by atoms with van der Waals surface area (Å²) in [5.74, 6) is -0.290. The van der Waals surface area contributed by atoms with Gasteiger partial charge in [0, 0.05) is 12.7 Å². The van der Waals surface area contributed by atoms with Gasteiger partial charge >= 0.3 is 0 Å². The number of rotatable bonds is 5. The first-order chi connectivity index (χ1) is 10.1. The summed E-state index contributed by atoms with van der Waals surface area (Å²) >= 11 is 0. The molecule has 110 valence electrons. The van der Waals surface area contributed by atoms with Crippen molar-refractivity contribution in [3.8, 4) is 0 Å². The highest BCUT2D eigenvalue weighted by Gasteiger charge is 2.17. The van der Waals surface area contributed by atoms with E-state index in [0.29, 0.717) is 0 Å². The third kappa shape index (κ3) is 4.05. The smallest absolute Gasteiger partial charge is 0.242 e. The summed E-state index contributed by atoms with van der Waals surface area (Å²) in [5, 5.41) is 3.09. The summed E-state index contributed by atoms with van der Waals surface area (Å²) in [5.41, 5.74) is 1.82. The van der Waals surface area contributed by atoms with Crippen LogP contribution in [-0.4, -0.2) is 24.4 Å². The van der Waals surface area contributed by atoms with Crippen molar-refractivity contribution in [2.45, 2.75) is 13.0 Å². The monoisotopic (exact) mass is 286 g/mol. The predicted octanol–water partition coefficient (Wildman–Crippen LogP) is 3.46. The maximum absolute atomic E-state index is 12.9. The minimum absolute atomic E-state index is 0.0179. The highest BCUT2D eigenvalue weighted by atomic mass is 19.1. The average molecular weight is 286 g/mol. The standard InChI is InChI=1S/C17H19FN2O/c1-13(14-8-10-15(18)11-9-14)20(2)17(21)12-19-16-6-4-3-5-7-16/h3-11,13,19H,12H2,1-2H3. The highest BCUT2D eigenvalue weighted by Crippen LogP contribution is 2.19. The molecule has 0 bridgehead atoms. The molecule has 1 unspecified atom stereocenters. The van der Waals surface area contributed by atoms with Gasteiger partial charge in [0.05, 0.1) is 12.6 Å². The second kappa shape index (κ2) is 6.88. The zero-order valence-corrected chi connectivity index (χ0v) is 12.2. The third-order valence-electron chi connectivity index (χ3n) is 3.54. The Balaban J connectivity index is 1.94. The highest BCUT2D eigenvalue weighted by molar-refractivity contribution is 5.81. The van der Waals surface area contributed by atoms with Crippen molar-refractivity contribution in [1.29, 1.82) is 0 Å². The van der Waals surface area contributed by atoms with Crippen LogP contribution in [0.3, 0.4) is 0 Å². The van der Waals surface area contributed by atoms with Crippen molar-refractivity contribution in [3.05, 3.63) is 66.0 Å². The van der Waals surface area contributed by atoms with E-state index in [2.05, 4.69) is 5.32 Å². The van der Waals surface area contributed by atoms with Crippen molar-refractivity contribution in [1.82, 2.24) is 4.90 Å². The molecule has 4 heteroatoms. The third-order valence-corrected chi connectivity index (χ3v) is 3.54. The molecule has 0 radical (unpaired) electrons. The Hall–Kier alpha value is -2.36. The second-order valence-corrected chi connectivity index (χ2v) is 4.95. The summed E-state index contributed by atoms with van der Waals surface area (Å²) in [7, 11) is 1.75. The minimum Gasteiger partial charge on any atom is -0.376 e. The predicted molar refractivity (Wildman–Crippen MR) is 82.5 cm³/mol. The largest absolute Gasteiger partial charge is 0.376 e. The topological polar surface area (TPSA) is 32.3 Å². The number of nitrogens with zero attached hydrogens (tertiary/aromatic N) is 1. The molecule has 0 saturated heterocycles. The maximum Gasteiger partial charge on any atom is 0.242 e. The van der Waals surface area contributed by atoms with E-state index < -0.39 is 0 Å². The molecule has 1 N–H and O–H groups in total. The van der Waals surface area contributed by atoms with E-state index in [4.69, 9.17) is 0 Å². The fourth-order valence-corrected chi connectivity index (χ4v) is 2.04. The number of carbonyl (C=O) groups excluding carboxylic acids is 1. The molecule has 0 aromatic heterocycles. The molecule has 1 amide bonds. The van der Waals surface area contributed by atoms with Gasteiger partial charge in [-0.25, -0.2) is 4.39 Å². The lowest BCUT2D eigenvalue weighted by molar-refractivity contribution is -0.129. The van der Waals surface area contributed by atoms with Crippen LogP contribution in [0.25, 0.3) is 0 Å². The van der Waals surface area contributed by atoms with Crippen LogP contribution in [0.5, 0.6) is 0 Å². The van der Waals surface area contributed by atoms with Gasteiger partial charge in [0.25, 0.3) is 0 Å². The van der Waals surface area contributed by atoms with Gasteiger partial charge < -0.3 is 10.2 Å². The van der Waals surface area contributed by atoms with Gasteiger partial charge in [0.15, 0.2) is 0 Å². The first-order valence-corrected chi connectivity index (χ1v) is 6.88. The van der Waals surface area contributed by atoms with E-state index in [1.165, 1.54) is 12.1 Å². The number of hydrogen-bond donors (Lipinski definition) is 1. The van der Waals surface area contributed by atoms with Gasteiger partial charge in [-0.15, -0.1) is 0 Å². The summed E-state index contributed by atoms with van der Waals surface area (Å²) in [6.07, 6.45) is 0. The normalized spacial score (nSPS) is 11.8. The SMILES string of the molecule is CC(c1ccc(F)cc1)N(C)C(=O)CNc1ccccc1.